The van der Waals surface area contributed by atoms with Crippen LogP contribution in [0.4, 0.5) is 23.2 Å². The summed E-state index contributed by atoms with van der Waals surface area (Å²) in [6.07, 6.45) is 1.22. The minimum absolute atomic E-state index is 0.00660. The lowest BCUT2D eigenvalue weighted by molar-refractivity contribution is -0.131. The molecule has 3 atom stereocenters. The fourth-order valence-corrected chi connectivity index (χ4v) is 7.06. The van der Waals surface area contributed by atoms with E-state index in [1.807, 2.05) is 11.9 Å². The van der Waals surface area contributed by atoms with E-state index in [0.29, 0.717) is 43.5 Å². The SMILES string of the molecule is CCS(=O)(=O)c1ccc([C@H](CC#N)NC(=O)c2ccc(N3C[C@H](N(C)CC4CCC(F)(F)CC4)C[C@H]3COC(F)F)cc2)cc1. The topological polar surface area (TPSA) is 103 Å². The van der Waals surface area contributed by atoms with Crippen LogP contribution in [-0.4, -0.2) is 76.3 Å². The Kier molecular flexibility index (Phi) is 11.5. The van der Waals surface area contributed by atoms with Gasteiger partial charge in [-0.2, -0.15) is 14.0 Å². The number of rotatable bonds is 13. The van der Waals surface area contributed by atoms with Crippen molar-refractivity contribution in [1.29, 1.82) is 5.26 Å². The van der Waals surface area contributed by atoms with E-state index in [2.05, 4.69) is 21.0 Å². The molecular weight excluding hydrogens is 612 g/mol. The van der Waals surface area contributed by atoms with Gasteiger partial charge in [0, 0.05) is 43.2 Å². The zero-order valence-electron chi connectivity index (χ0n) is 25.5. The van der Waals surface area contributed by atoms with Crippen molar-refractivity contribution >= 4 is 21.4 Å². The molecule has 2 aromatic carbocycles. The third-order valence-electron chi connectivity index (χ3n) is 8.90. The Bertz CT molecular complexity index is 1420. The average Bonchev–Trinajstić information content (AvgIpc) is 3.45. The Balaban J connectivity index is 1.43. The number of alkyl halides is 4. The Hall–Kier alpha value is -3.21. The lowest BCUT2D eigenvalue weighted by Gasteiger charge is -2.33. The number of anilines is 1. The fourth-order valence-electron chi connectivity index (χ4n) is 6.17. The average molecular weight is 653 g/mol. The summed E-state index contributed by atoms with van der Waals surface area (Å²) < 4.78 is 82.1. The van der Waals surface area contributed by atoms with Crippen LogP contribution in [0.15, 0.2) is 53.4 Å². The molecule has 45 heavy (non-hydrogen) atoms. The third-order valence-corrected chi connectivity index (χ3v) is 10.6. The number of nitriles is 1. The quantitative estimate of drug-likeness (QED) is 0.273. The number of nitrogens with zero attached hydrogens (tertiary/aromatic N) is 3. The van der Waals surface area contributed by atoms with Crippen molar-refractivity contribution in [3.63, 3.8) is 0 Å². The molecular formula is C32H40F4N4O4S. The van der Waals surface area contributed by atoms with Crippen LogP contribution in [-0.2, 0) is 14.6 Å². The van der Waals surface area contributed by atoms with E-state index in [4.69, 9.17) is 0 Å². The maximum Gasteiger partial charge on any atom is 0.345 e. The van der Waals surface area contributed by atoms with Crippen LogP contribution in [0.3, 0.4) is 0 Å². The van der Waals surface area contributed by atoms with Crippen LogP contribution in [0.25, 0.3) is 0 Å². The van der Waals surface area contributed by atoms with E-state index in [9.17, 15) is 36.0 Å². The molecule has 0 radical (unpaired) electrons. The first-order valence-corrected chi connectivity index (χ1v) is 16.8. The van der Waals surface area contributed by atoms with Crippen LogP contribution in [0.1, 0.15) is 67.4 Å². The Morgan fingerprint density at radius 2 is 1.78 bits per heavy atom. The molecule has 1 amide bonds. The first-order chi connectivity index (χ1) is 21.3. The monoisotopic (exact) mass is 652 g/mol. The van der Waals surface area contributed by atoms with E-state index in [1.165, 1.54) is 12.1 Å². The van der Waals surface area contributed by atoms with Crippen LogP contribution in [0.2, 0.25) is 0 Å². The van der Waals surface area contributed by atoms with E-state index in [-0.39, 0.29) is 54.5 Å². The minimum Gasteiger partial charge on any atom is -0.365 e. The molecule has 246 valence electrons. The highest BCUT2D eigenvalue weighted by Gasteiger charge is 2.38. The highest BCUT2D eigenvalue weighted by Crippen LogP contribution is 2.37. The largest absolute Gasteiger partial charge is 0.365 e. The molecule has 2 fully saturated rings. The first-order valence-electron chi connectivity index (χ1n) is 15.2. The number of halogens is 4. The van der Waals surface area contributed by atoms with Crippen molar-refractivity contribution in [3.8, 4) is 6.07 Å². The maximum absolute atomic E-state index is 13.6. The first kappa shape index (κ1) is 34.7. The Morgan fingerprint density at radius 3 is 2.36 bits per heavy atom. The van der Waals surface area contributed by atoms with Gasteiger partial charge in [-0.25, -0.2) is 17.2 Å². The van der Waals surface area contributed by atoms with Crippen molar-refractivity contribution in [2.45, 2.75) is 81.0 Å². The summed E-state index contributed by atoms with van der Waals surface area (Å²) in [5, 5.41) is 12.2. The van der Waals surface area contributed by atoms with E-state index < -0.39 is 34.3 Å². The number of amides is 1. The molecule has 1 heterocycles. The summed E-state index contributed by atoms with van der Waals surface area (Å²) in [6, 6.07) is 13.8. The second kappa shape index (κ2) is 14.9. The normalized spacial score (nSPS) is 21.2. The van der Waals surface area contributed by atoms with E-state index in [1.54, 1.807) is 43.3 Å². The Labute approximate surface area is 262 Å². The Morgan fingerprint density at radius 1 is 1.13 bits per heavy atom. The van der Waals surface area contributed by atoms with Gasteiger partial charge in [0.05, 0.1) is 41.8 Å². The summed E-state index contributed by atoms with van der Waals surface area (Å²) in [4.78, 5) is 17.4. The number of likely N-dealkylation sites (N-methyl/N-ethyl adjacent to an activating group) is 1. The number of sulfone groups is 1. The van der Waals surface area contributed by atoms with Gasteiger partial charge in [-0.05, 0) is 74.2 Å². The smallest absolute Gasteiger partial charge is 0.345 e. The molecule has 1 N–H and O–H groups in total. The van der Waals surface area contributed by atoms with Crippen LogP contribution in [0.5, 0.6) is 0 Å². The van der Waals surface area contributed by atoms with E-state index >= 15 is 0 Å². The van der Waals surface area contributed by atoms with Crippen molar-refractivity contribution in [2.75, 3.05) is 37.4 Å². The van der Waals surface area contributed by atoms with Crippen molar-refractivity contribution in [2.24, 2.45) is 5.92 Å². The molecule has 1 aliphatic carbocycles. The van der Waals surface area contributed by atoms with Crippen molar-refractivity contribution in [1.82, 2.24) is 10.2 Å². The molecule has 0 unspecified atom stereocenters. The number of ether oxygens (including phenoxy) is 1. The highest BCUT2D eigenvalue weighted by atomic mass is 32.2. The summed E-state index contributed by atoms with van der Waals surface area (Å²) in [7, 11) is -1.45. The molecule has 0 bridgehead atoms. The summed E-state index contributed by atoms with van der Waals surface area (Å²) in [5.74, 6) is -2.91. The predicted molar refractivity (Wildman–Crippen MR) is 162 cm³/mol. The van der Waals surface area contributed by atoms with Crippen LogP contribution >= 0.6 is 0 Å². The molecule has 2 aliphatic rings. The zero-order chi connectivity index (χ0) is 32.8. The van der Waals surface area contributed by atoms with Gasteiger partial charge in [0.1, 0.15) is 0 Å². The van der Waals surface area contributed by atoms with Gasteiger partial charge in [0.15, 0.2) is 9.84 Å². The van der Waals surface area contributed by atoms with Gasteiger partial charge in [0.2, 0.25) is 5.92 Å². The molecule has 13 heteroatoms. The van der Waals surface area contributed by atoms with Crippen LogP contribution in [0, 0.1) is 17.2 Å². The molecule has 8 nitrogen and oxygen atoms in total. The van der Waals surface area contributed by atoms with Crippen molar-refractivity contribution < 1.29 is 35.5 Å². The minimum atomic E-state index is -3.39. The number of benzene rings is 2. The number of hydrogen-bond acceptors (Lipinski definition) is 7. The third kappa shape index (κ3) is 9.17. The molecule has 0 aromatic heterocycles. The number of hydrogen-bond donors (Lipinski definition) is 1. The van der Waals surface area contributed by atoms with E-state index in [0.717, 1.165) is 5.69 Å². The molecule has 2 aromatic rings. The molecule has 0 spiro atoms. The molecule has 1 aliphatic heterocycles. The van der Waals surface area contributed by atoms with Crippen molar-refractivity contribution in [3.05, 3.63) is 59.7 Å². The molecule has 1 saturated heterocycles. The number of nitrogens with one attached hydrogen (secondary N) is 1. The fraction of sp³-hybridized carbons (Fsp3) is 0.562. The highest BCUT2D eigenvalue weighted by molar-refractivity contribution is 7.91. The molecule has 1 saturated carbocycles. The zero-order valence-corrected chi connectivity index (χ0v) is 26.3. The standard InChI is InChI=1S/C32H40F4N4O4S/c1-3-45(42,43)28-10-6-23(7-11-28)29(14-17-37)38-30(41)24-4-8-25(9-5-24)40-20-26(18-27(40)21-44-31(33)34)39(2)19-22-12-15-32(35,36)16-13-22/h4-11,22,26-27,29,31H,3,12-16,18-21H2,1-2H3,(H,38,41)/t26-,27+,29+/m1/s1. The second-order valence-corrected chi connectivity index (χ2v) is 14.2. The summed E-state index contributed by atoms with van der Waals surface area (Å²) in [6.45, 7) is -0.370. The van der Waals surface area contributed by atoms with Gasteiger partial charge in [-0.3, -0.25) is 4.79 Å². The maximum atomic E-state index is 13.6. The number of carbonyl (C=O) groups excluding carboxylic acids is 1. The molecule has 4 rings (SSSR count). The predicted octanol–water partition coefficient (Wildman–Crippen LogP) is 5.81. The van der Waals surface area contributed by atoms with Gasteiger partial charge < -0.3 is 19.9 Å². The summed E-state index contributed by atoms with van der Waals surface area (Å²) in [5.41, 5.74) is 1.64. The van der Waals surface area contributed by atoms with Crippen LogP contribution < -0.4 is 10.2 Å². The van der Waals surface area contributed by atoms with Gasteiger partial charge in [-0.15, -0.1) is 0 Å². The lowest BCUT2D eigenvalue weighted by Crippen LogP contribution is -2.39. The second-order valence-electron chi connectivity index (χ2n) is 11.9. The lowest BCUT2D eigenvalue weighted by atomic mass is 9.86. The van der Waals surface area contributed by atoms with Gasteiger partial charge in [-0.1, -0.05) is 19.1 Å². The number of carbonyl (C=O) groups is 1. The van der Waals surface area contributed by atoms with Gasteiger partial charge in [0.25, 0.3) is 5.91 Å². The summed E-state index contributed by atoms with van der Waals surface area (Å²) >= 11 is 0. The van der Waals surface area contributed by atoms with Gasteiger partial charge >= 0.3 is 6.61 Å².